The number of sulfonamides is 1. The van der Waals surface area contributed by atoms with E-state index in [2.05, 4.69) is 51.1 Å². The van der Waals surface area contributed by atoms with Gasteiger partial charge < -0.3 is 29.6 Å². The smallest absolute Gasteiger partial charge is 0.427 e. The van der Waals surface area contributed by atoms with E-state index < -0.39 is 50.3 Å². The van der Waals surface area contributed by atoms with E-state index >= 15 is 0 Å². The van der Waals surface area contributed by atoms with Crippen molar-refractivity contribution in [1.29, 1.82) is 0 Å². The van der Waals surface area contributed by atoms with Crippen molar-refractivity contribution in [2.24, 2.45) is 11.3 Å². The van der Waals surface area contributed by atoms with Crippen molar-refractivity contribution in [2.75, 3.05) is 74.1 Å². The fourth-order valence-corrected chi connectivity index (χ4v) is 10.6. The number of hydrogen-bond donors (Lipinski definition) is 3. The van der Waals surface area contributed by atoms with Gasteiger partial charge in [-0.25, -0.2) is 13.1 Å². The molecule has 3 N–H and O–H groups in total. The molecule has 360 valence electrons. The van der Waals surface area contributed by atoms with Gasteiger partial charge in [0.25, 0.3) is 21.6 Å². The first-order valence-corrected chi connectivity index (χ1v) is 24.5. The summed E-state index contributed by atoms with van der Waals surface area (Å²) in [6.45, 7) is 8.62. The third-order valence-electron chi connectivity index (χ3n) is 13.4. The molecule has 20 heteroatoms. The second-order valence-corrected chi connectivity index (χ2v) is 20.8. The number of rotatable bonds is 12. The van der Waals surface area contributed by atoms with Gasteiger partial charge in [0.2, 0.25) is 12.0 Å². The lowest BCUT2D eigenvalue weighted by Gasteiger charge is -2.40. The minimum absolute atomic E-state index is 0.0191. The molecule has 2 aromatic heterocycles. The molecule has 0 bridgehead atoms. The van der Waals surface area contributed by atoms with Crippen molar-refractivity contribution < 1.29 is 40.8 Å². The molecule has 3 aliphatic heterocycles. The number of nitro benzene ring substituents is 1. The van der Waals surface area contributed by atoms with E-state index in [1.54, 1.807) is 30.5 Å². The lowest BCUT2D eigenvalue weighted by Crippen LogP contribution is -2.48. The molecule has 4 aliphatic rings. The molecule has 1 atom stereocenters. The summed E-state index contributed by atoms with van der Waals surface area (Å²) in [7, 11) is -4.77. The Morgan fingerprint density at radius 1 is 1.00 bits per heavy atom. The topological polar surface area (TPSA) is 175 Å². The van der Waals surface area contributed by atoms with Crippen molar-refractivity contribution >= 4 is 72.6 Å². The van der Waals surface area contributed by atoms with Gasteiger partial charge >= 0.3 is 6.18 Å². The Morgan fingerprint density at radius 3 is 2.47 bits per heavy atom. The minimum atomic E-state index is -4.85. The summed E-state index contributed by atoms with van der Waals surface area (Å²) >= 11 is 6.24. The second-order valence-electron chi connectivity index (χ2n) is 18.7. The summed E-state index contributed by atoms with van der Waals surface area (Å²) in [4.78, 5) is 38.3. The van der Waals surface area contributed by atoms with E-state index in [4.69, 9.17) is 21.1 Å². The highest BCUT2D eigenvalue weighted by atomic mass is 35.5. The maximum absolute atomic E-state index is 14.6. The third-order valence-corrected chi connectivity index (χ3v) is 15.0. The summed E-state index contributed by atoms with van der Waals surface area (Å²) in [5.41, 5.74) is 4.39. The number of pyridine rings is 1. The lowest BCUT2D eigenvalue weighted by atomic mass is 9.72. The summed E-state index contributed by atoms with van der Waals surface area (Å²) in [6.07, 6.45) is -1.12. The van der Waals surface area contributed by atoms with Gasteiger partial charge in [0.1, 0.15) is 17.0 Å². The minimum Gasteiger partial charge on any atom is -0.461 e. The Labute approximate surface area is 396 Å². The van der Waals surface area contributed by atoms with Crippen molar-refractivity contribution in [3.8, 4) is 5.88 Å². The van der Waals surface area contributed by atoms with E-state index in [9.17, 15) is 36.5 Å². The monoisotopic (exact) mass is 976 g/mol. The molecule has 9 rings (SSSR count). The van der Waals surface area contributed by atoms with Crippen molar-refractivity contribution in [1.82, 2.24) is 19.6 Å². The number of nitrogens with one attached hydrogen (secondary N) is 3. The molecule has 5 heterocycles. The van der Waals surface area contributed by atoms with Gasteiger partial charge in [-0.15, -0.1) is 0 Å². The number of allylic oxidation sites excluding steroid dienone is 1. The van der Waals surface area contributed by atoms with Gasteiger partial charge in [-0.2, -0.15) is 18.2 Å². The van der Waals surface area contributed by atoms with Crippen LogP contribution in [0.1, 0.15) is 61.9 Å². The Hall–Kier alpha value is -5.89. The maximum Gasteiger partial charge on any atom is 0.427 e. The van der Waals surface area contributed by atoms with Crippen LogP contribution in [0.25, 0.3) is 16.6 Å². The maximum atomic E-state index is 14.6. The first-order chi connectivity index (χ1) is 32.4. The predicted molar refractivity (Wildman–Crippen MR) is 254 cm³/mol. The van der Waals surface area contributed by atoms with Crippen LogP contribution in [-0.2, 0) is 14.8 Å². The van der Waals surface area contributed by atoms with E-state index in [-0.39, 0.29) is 45.5 Å². The number of fused-ring (bicyclic) bond motifs is 2. The number of amides is 1. The van der Waals surface area contributed by atoms with Crippen LogP contribution < -0.4 is 24.6 Å². The fraction of sp³-hybridized carbons (Fsp3) is 0.417. The normalized spacial score (nSPS) is 19.4. The molecule has 3 aromatic carbocycles. The molecule has 2 saturated heterocycles. The molecule has 68 heavy (non-hydrogen) atoms. The van der Waals surface area contributed by atoms with Crippen LogP contribution >= 0.6 is 11.6 Å². The number of H-pyrrole nitrogens is 1. The molecular formula is C48H52ClF3N8O7S. The summed E-state index contributed by atoms with van der Waals surface area (Å²) in [5.74, 6) is -1.28. The number of aromatic amines is 1. The zero-order valence-electron chi connectivity index (χ0n) is 37.6. The van der Waals surface area contributed by atoms with E-state index in [1.165, 1.54) is 33.7 Å². The predicted octanol–water partition coefficient (Wildman–Crippen LogP) is 9.33. The quantitative estimate of drug-likeness (QED) is 0.0800. The number of aromatic nitrogens is 2. The van der Waals surface area contributed by atoms with E-state index in [0.717, 1.165) is 50.8 Å². The summed E-state index contributed by atoms with van der Waals surface area (Å²) in [6, 6.07) is 19.2. The number of halogens is 4. The molecule has 15 nitrogen and oxygen atoms in total. The SMILES string of the molecule is CC1(C)CCC(CN2CCN(c3ccc(C(=O)NS(=O)(=O)c4ccc(NCC5CCOCC5)c([N+](=O)[O-])c4)c(N4CC(C(F)(F)F)Oc5nc6[nH]ccc6cc54)c3)CC2)=C(c2ccc(Cl)cc2)C1. The second kappa shape index (κ2) is 18.9. The number of ether oxygens (including phenoxy) is 2. The van der Waals surface area contributed by atoms with Crippen molar-refractivity contribution in [3.05, 3.63) is 111 Å². The van der Waals surface area contributed by atoms with Crippen LogP contribution in [0.5, 0.6) is 5.88 Å². The van der Waals surface area contributed by atoms with E-state index in [0.29, 0.717) is 62.0 Å². The standard InChI is InChI=1S/C48H52ClF3N8O7S/c1-47(2)15-11-33(38(26-47)31-3-5-34(49)6-4-31)28-57-17-19-58(20-18-57)35-7-9-37(40(24-35)59-29-43(48(50,51)52)67-46-42(59)23-32-12-16-53-44(32)55-46)45(61)56-68(64,65)36-8-10-39(41(25-36)60(62)63)54-27-30-13-21-66-22-14-30/h3-10,12,16,23-25,30,43,54H,11,13-15,17-22,26-29H2,1-2H3,(H,53,55)(H,56,61). The lowest BCUT2D eigenvalue weighted by molar-refractivity contribution is -0.384. The van der Waals surface area contributed by atoms with E-state index in [1.807, 2.05) is 16.9 Å². The Morgan fingerprint density at radius 2 is 1.75 bits per heavy atom. The highest BCUT2D eigenvalue weighted by Gasteiger charge is 2.47. The molecule has 2 fully saturated rings. The zero-order valence-corrected chi connectivity index (χ0v) is 39.1. The molecule has 1 unspecified atom stereocenters. The number of nitrogens with zero attached hydrogens (tertiary/aromatic N) is 5. The van der Waals surface area contributed by atoms with Gasteiger partial charge in [0.15, 0.2) is 0 Å². The van der Waals surface area contributed by atoms with Crippen molar-refractivity contribution in [2.45, 2.75) is 63.1 Å². The molecule has 1 aliphatic carbocycles. The Kier molecular flexibility index (Phi) is 13.1. The number of carbonyl (C=O) groups excluding carboxylic acids is 1. The van der Waals surface area contributed by atoms with Crippen LogP contribution in [0, 0.1) is 21.4 Å². The van der Waals surface area contributed by atoms with Gasteiger partial charge in [-0.1, -0.05) is 43.2 Å². The zero-order chi connectivity index (χ0) is 48.0. The number of piperazine rings is 1. The number of hydrogen-bond acceptors (Lipinski definition) is 12. The molecule has 1 amide bonds. The first kappa shape index (κ1) is 47.2. The average Bonchev–Trinajstić information content (AvgIpc) is 3.78. The van der Waals surface area contributed by atoms with Gasteiger partial charge in [-0.3, -0.25) is 19.8 Å². The fourth-order valence-electron chi connectivity index (χ4n) is 9.52. The highest BCUT2D eigenvalue weighted by Crippen LogP contribution is 2.46. The van der Waals surface area contributed by atoms with Crippen LogP contribution in [0.2, 0.25) is 5.02 Å². The Bertz CT molecular complexity index is 2860. The molecule has 0 spiro atoms. The van der Waals surface area contributed by atoms with Gasteiger partial charge in [-0.05, 0) is 109 Å². The molecular weight excluding hydrogens is 925 g/mol. The van der Waals surface area contributed by atoms with Crippen molar-refractivity contribution in [3.63, 3.8) is 0 Å². The Balaban J connectivity index is 1.02. The molecule has 0 radical (unpaired) electrons. The number of alkyl halides is 3. The van der Waals surface area contributed by atoms with Crippen LogP contribution in [0.4, 0.5) is 41.6 Å². The average molecular weight is 978 g/mol. The highest BCUT2D eigenvalue weighted by molar-refractivity contribution is 7.90. The van der Waals surface area contributed by atoms with Crippen LogP contribution in [0.15, 0.2) is 89.5 Å². The largest absolute Gasteiger partial charge is 0.461 e. The third kappa shape index (κ3) is 10.3. The number of benzene rings is 3. The number of anilines is 4. The van der Waals surface area contributed by atoms with Gasteiger partial charge in [0, 0.05) is 80.8 Å². The van der Waals surface area contributed by atoms with Crippen LogP contribution in [-0.4, -0.2) is 105 Å². The molecule has 0 saturated carbocycles. The van der Waals surface area contributed by atoms with Gasteiger partial charge in [0.05, 0.1) is 27.6 Å². The first-order valence-electron chi connectivity index (χ1n) is 22.7. The number of carbonyl (C=O) groups is 1. The summed E-state index contributed by atoms with van der Waals surface area (Å²) in [5, 5.41) is 16.5. The molecule has 5 aromatic rings. The van der Waals surface area contributed by atoms with Crippen LogP contribution in [0.3, 0.4) is 0 Å². The summed E-state index contributed by atoms with van der Waals surface area (Å²) < 4.78 is 84.6. The number of nitro groups is 1.